The van der Waals surface area contributed by atoms with E-state index in [0.29, 0.717) is 19.6 Å². The third kappa shape index (κ3) is 4.15. The fourth-order valence-electron chi connectivity index (χ4n) is 3.41. The van der Waals surface area contributed by atoms with Gasteiger partial charge in [0.05, 0.1) is 12.5 Å². The molecule has 1 saturated heterocycles. The highest BCUT2D eigenvalue weighted by Gasteiger charge is 2.47. The van der Waals surface area contributed by atoms with Crippen molar-refractivity contribution in [2.24, 2.45) is 5.92 Å². The number of rotatable bonds is 7. The first kappa shape index (κ1) is 17.8. The van der Waals surface area contributed by atoms with Crippen LogP contribution in [0.5, 0.6) is 0 Å². The van der Waals surface area contributed by atoms with E-state index in [1.54, 1.807) is 0 Å². The predicted octanol–water partition coefficient (Wildman–Crippen LogP) is 2.55. The van der Waals surface area contributed by atoms with Gasteiger partial charge in [0, 0.05) is 25.6 Å². The summed E-state index contributed by atoms with van der Waals surface area (Å²) in [4.78, 5) is 25.1. The highest BCUT2D eigenvalue weighted by molar-refractivity contribution is 5.83. The second kappa shape index (κ2) is 7.47. The van der Waals surface area contributed by atoms with Gasteiger partial charge in [0.15, 0.2) is 11.6 Å². The molecule has 1 saturated carbocycles. The third-order valence-electron chi connectivity index (χ3n) is 4.84. The van der Waals surface area contributed by atoms with Crippen molar-refractivity contribution in [1.82, 2.24) is 4.90 Å². The number of carboxylic acid groups (broad SMARTS) is 1. The van der Waals surface area contributed by atoms with E-state index in [4.69, 9.17) is 9.84 Å². The van der Waals surface area contributed by atoms with Gasteiger partial charge in [-0.1, -0.05) is 12.1 Å². The van der Waals surface area contributed by atoms with Crippen LogP contribution in [0.4, 0.5) is 8.78 Å². The molecular formula is C18H21F2NO4. The molecule has 7 heteroatoms. The maximum atomic E-state index is 13.9. The van der Waals surface area contributed by atoms with Crippen LogP contribution < -0.4 is 0 Å². The summed E-state index contributed by atoms with van der Waals surface area (Å²) < 4.78 is 32.8. The van der Waals surface area contributed by atoms with Gasteiger partial charge in [-0.05, 0) is 36.8 Å². The molecule has 1 aromatic carbocycles. The van der Waals surface area contributed by atoms with Gasteiger partial charge >= 0.3 is 5.97 Å². The number of carbonyl (C=O) groups is 2. The largest absolute Gasteiger partial charge is 0.481 e. The number of aliphatic carboxylic acids is 1. The molecule has 1 aliphatic carbocycles. The Hall–Kier alpha value is -2.02. The van der Waals surface area contributed by atoms with Crippen molar-refractivity contribution in [3.63, 3.8) is 0 Å². The lowest BCUT2D eigenvalue weighted by atomic mass is 10.1. The first-order chi connectivity index (χ1) is 12.0. The van der Waals surface area contributed by atoms with E-state index < -0.39 is 23.5 Å². The van der Waals surface area contributed by atoms with Crippen molar-refractivity contribution >= 4 is 11.9 Å². The van der Waals surface area contributed by atoms with Gasteiger partial charge in [-0.2, -0.15) is 0 Å². The molecule has 0 unspecified atom stereocenters. The van der Waals surface area contributed by atoms with E-state index in [1.165, 1.54) is 17.0 Å². The Bertz CT molecular complexity index is 660. The smallest absolute Gasteiger partial charge is 0.305 e. The topological polar surface area (TPSA) is 66.8 Å². The Morgan fingerprint density at radius 1 is 1.32 bits per heavy atom. The average molecular weight is 353 g/mol. The van der Waals surface area contributed by atoms with Crippen molar-refractivity contribution in [2.45, 2.75) is 37.7 Å². The number of nitrogens with zero attached hydrogens (tertiary/aromatic N) is 1. The second-order valence-electron chi connectivity index (χ2n) is 6.65. The van der Waals surface area contributed by atoms with Crippen molar-refractivity contribution in [2.75, 3.05) is 19.7 Å². The van der Waals surface area contributed by atoms with Gasteiger partial charge in [0.1, 0.15) is 0 Å². The monoisotopic (exact) mass is 353 g/mol. The molecule has 0 spiro atoms. The number of carbonyl (C=O) groups excluding carboxylic acids is 1. The minimum Gasteiger partial charge on any atom is -0.481 e. The third-order valence-corrected chi connectivity index (χ3v) is 4.84. The zero-order valence-electron chi connectivity index (χ0n) is 13.8. The SMILES string of the molecule is O=C(O)CCN(C[C@@H]1CCCO1)C(=O)[C@H]1C[C@@H]1c1cccc(F)c1F. The molecule has 0 aromatic heterocycles. The molecule has 0 bridgehead atoms. The Morgan fingerprint density at radius 2 is 2.12 bits per heavy atom. The van der Waals surface area contributed by atoms with Crippen molar-refractivity contribution in [1.29, 1.82) is 0 Å². The van der Waals surface area contributed by atoms with E-state index in [0.717, 1.165) is 18.9 Å². The minimum atomic E-state index is -0.978. The highest BCUT2D eigenvalue weighted by atomic mass is 19.2. The predicted molar refractivity (Wildman–Crippen MR) is 85.0 cm³/mol. The maximum absolute atomic E-state index is 13.9. The molecule has 1 heterocycles. The molecule has 0 radical (unpaired) electrons. The number of halogens is 2. The summed E-state index contributed by atoms with van der Waals surface area (Å²) in [5.41, 5.74) is 0.216. The molecule has 25 heavy (non-hydrogen) atoms. The standard InChI is InChI=1S/C18H21F2NO4/c19-15-5-1-4-12(17(15)20)13-9-14(13)18(24)21(7-6-16(22)23)10-11-3-2-8-25-11/h1,4-5,11,13-14H,2-3,6-10H2,(H,22,23)/t11-,13+,14-/m0/s1. The zero-order chi connectivity index (χ0) is 18.0. The summed E-state index contributed by atoms with van der Waals surface area (Å²) in [5, 5.41) is 8.90. The van der Waals surface area contributed by atoms with E-state index >= 15 is 0 Å². The number of amides is 1. The van der Waals surface area contributed by atoms with Crippen molar-refractivity contribution in [3.05, 3.63) is 35.4 Å². The number of ether oxygens (including phenoxy) is 1. The lowest BCUT2D eigenvalue weighted by Crippen LogP contribution is -2.39. The maximum Gasteiger partial charge on any atom is 0.305 e. The molecular weight excluding hydrogens is 332 g/mol. The van der Waals surface area contributed by atoms with Crippen molar-refractivity contribution < 1.29 is 28.2 Å². The van der Waals surface area contributed by atoms with Crippen LogP contribution in [0.3, 0.4) is 0 Å². The Kier molecular flexibility index (Phi) is 5.32. The van der Waals surface area contributed by atoms with Crippen molar-refractivity contribution in [3.8, 4) is 0 Å². The molecule has 2 fully saturated rings. The number of hydrogen-bond donors (Lipinski definition) is 1. The van der Waals surface area contributed by atoms with Crippen LogP contribution in [0.15, 0.2) is 18.2 Å². The van der Waals surface area contributed by atoms with E-state index in [-0.39, 0.29) is 36.5 Å². The second-order valence-corrected chi connectivity index (χ2v) is 6.65. The first-order valence-corrected chi connectivity index (χ1v) is 8.53. The van der Waals surface area contributed by atoms with E-state index in [1.807, 2.05) is 0 Å². The van der Waals surface area contributed by atoms with Crippen LogP contribution in [0.1, 0.15) is 37.2 Å². The molecule has 1 N–H and O–H groups in total. The fourth-order valence-corrected chi connectivity index (χ4v) is 3.41. The van der Waals surface area contributed by atoms with Gasteiger partial charge in [-0.25, -0.2) is 8.78 Å². The fraction of sp³-hybridized carbons (Fsp3) is 0.556. The summed E-state index contributed by atoms with van der Waals surface area (Å²) in [6.45, 7) is 1.09. The molecule has 2 aliphatic rings. The van der Waals surface area contributed by atoms with Crippen LogP contribution in [0.25, 0.3) is 0 Å². The molecule has 1 aliphatic heterocycles. The molecule has 1 amide bonds. The van der Waals surface area contributed by atoms with Crippen LogP contribution >= 0.6 is 0 Å². The summed E-state index contributed by atoms with van der Waals surface area (Å²) in [5.74, 6) is -3.78. The number of carboxylic acids is 1. The molecule has 136 valence electrons. The van der Waals surface area contributed by atoms with E-state index in [9.17, 15) is 18.4 Å². The summed E-state index contributed by atoms with van der Waals surface area (Å²) in [6, 6.07) is 3.98. The summed E-state index contributed by atoms with van der Waals surface area (Å²) in [6.07, 6.45) is 1.98. The first-order valence-electron chi connectivity index (χ1n) is 8.53. The molecule has 3 atom stereocenters. The van der Waals surface area contributed by atoms with Gasteiger partial charge in [0.2, 0.25) is 5.91 Å². The van der Waals surface area contributed by atoms with Gasteiger partial charge in [0.25, 0.3) is 0 Å². The normalized spacial score (nSPS) is 25.0. The number of benzene rings is 1. The lowest BCUT2D eigenvalue weighted by Gasteiger charge is -2.25. The minimum absolute atomic E-state index is 0.0825. The number of hydrogen-bond acceptors (Lipinski definition) is 3. The molecule has 5 nitrogen and oxygen atoms in total. The van der Waals surface area contributed by atoms with Crippen LogP contribution in [0, 0.1) is 17.6 Å². The van der Waals surface area contributed by atoms with Crippen LogP contribution in [-0.2, 0) is 14.3 Å². The zero-order valence-corrected chi connectivity index (χ0v) is 13.8. The van der Waals surface area contributed by atoms with Gasteiger partial charge < -0.3 is 14.7 Å². The highest BCUT2D eigenvalue weighted by Crippen LogP contribution is 2.49. The van der Waals surface area contributed by atoms with Crippen LogP contribution in [0.2, 0.25) is 0 Å². The Morgan fingerprint density at radius 3 is 2.80 bits per heavy atom. The van der Waals surface area contributed by atoms with Gasteiger partial charge in [-0.15, -0.1) is 0 Å². The van der Waals surface area contributed by atoms with E-state index in [2.05, 4.69) is 0 Å². The Balaban J connectivity index is 1.67. The summed E-state index contributed by atoms with van der Waals surface area (Å²) in [7, 11) is 0. The lowest BCUT2D eigenvalue weighted by molar-refractivity contribution is -0.139. The van der Waals surface area contributed by atoms with Gasteiger partial charge in [-0.3, -0.25) is 9.59 Å². The average Bonchev–Trinajstić information content (AvgIpc) is 3.20. The molecule has 3 rings (SSSR count). The summed E-state index contributed by atoms with van der Waals surface area (Å²) >= 11 is 0. The Labute approximate surface area is 144 Å². The molecule has 1 aromatic rings. The van der Waals surface area contributed by atoms with Crippen LogP contribution in [-0.4, -0.2) is 47.7 Å². The quantitative estimate of drug-likeness (QED) is 0.818.